The van der Waals surface area contributed by atoms with Gasteiger partial charge in [-0.25, -0.2) is 13.8 Å². The molecule has 0 saturated carbocycles. The van der Waals surface area contributed by atoms with E-state index in [1.807, 2.05) is 13.0 Å². The molecular weight excluding hydrogens is 507 g/mol. The van der Waals surface area contributed by atoms with Gasteiger partial charge in [-0.05, 0) is 25.1 Å². The van der Waals surface area contributed by atoms with Crippen molar-refractivity contribution in [2.45, 2.75) is 26.4 Å². The monoisotopic (exact) mass is 524 g/mol. The Bertz CT molecular complexity index is 1810. The Morgan fingerprint density at radius 2 is 2.06 bits per heavy atom. The molecule has 36 heavy (non-hydrogen) atoms. The first-order valence-corrected chi connectivity index (χ1v) is 12.1. The molecule has 5 rings (SSSR count). The van der Waals surface area contributed by atoms with Crippen LogP contribution in [0.15, 0.2) is 46.4 Å². The van der Waals surface area contributed by atoms with Crippen LogP contribution >= 0.6 is 22.9 Å². The lowest BCUT2D eigenvalue weighted by molar-refractivity contribution is 0.387. The third kappa shape index (κ3) is 3.75. The highest BCUT2D eigenvalue weighted by molar-refractivity contribution is 7.22. The number of pyridine rings is 1. The predicted molar refractivity (Wildman–Crippen MR) is 136 cm³/mol. The first-order valence-electron chi connectivity index (χ1n) is 10.9. The number of ether oxygens (including phenoxy) is 1. The van der Waals surface area contributed by atoms with E-state index in [0.29, 0.717) is 33.4 Å². The van der Waals surface area contributed by atoms with Crippen LogP contribution in [0.5, 0.6) is 5.75 Å². The predicted octanol–water partition coefficient (Wildman–Crippen LogP) is 4.36. The van der Waals surface area contributed by atoms with Crippen molar-refractivity contribution in [3.05, 3.63) is 68.5 Å². The average molecular weight is 525 g/mol. The second kappa shape index (κ2) is 9.22. The molecule has 5 aromatic rings. The minimum atomic E-state index is -0.618. The van der Waals surface area contributed by atoms with Gasteiger partial charge in [-0.15, -0.1) is 11.3 Å². The lowest BCUT2D eigenvalue weighted by Crippen LogP contribution is -2.38. The van der Waals surface area contributed by atoms with E-state index in [9.17, 15) is 19.2 Å². The van der Waals surface area contributed by atoms with Crippen LogP contribution in [0.25, 0.3) is 37.2 Å². The van der Waals surface area contributed by atoms with Crippen LogP contribution in [0.2, 0.25) is 5.02 Å². The Morgan fingerprint density at radius 3 is 2.78 bits per heavy atom. The molecule has 1 aromatic carbocycles. The fourth-order valence-electron chi connectivity index (χ4n) is 4.05. The fraction of sp³-hybridized carbons (Fsp3) is 0.208. The summed E-state index contributed by atoms with van der Waals surface area (Å²) in [5, 5.41) is 14.5. The van der Waals surface area contributed by atoms with Crippen molar-refractivity contribution in [3.63, 3.8) is 0 Å². The largest absolute Gasteiger partial charge is 0.494 e. The molecule has 0 aliphatic heterocycles. The average Bonchev–Trinajstić information content (AvgIpc) is 3.49. The van der Waals surface area contributed by atoms with Crippen molar-refractivity contribution in [2.24, 2.45) is 0 Å². The number of halogens is 2. The van der Waals surface area contributed by atoms with Gasteiger partial charge in [0.1, 0.15) is 15.9 Å². The molecule has 0 amide bonds. The van der Waals surface area contributed by atoms with Crippen molar-refractivity contribution in [1.29, 1.82) is 5.26 Å². The van der Waals surface area contributed by atoms with Crippen LogP contribution in [0.3, 0.4) is 0 Å². The van der Waals surface area contributed by atoms with Gasteiger partial charge in [0.25, 0.3) is 5.56 Å². The van der Waals surface area contributed by atoms with Gasteiger partial charge < -0.3 is 4.74 Å². The second-order valence-corrected chi connectivity index (χ2v) is 9.32. The van der Waals surface area contributed by atoms with Gasteiger partial charge in [-0.2, -0.15) is 10.4 Å². The normalized spacial score (nSPS) is 11.3. The number of nitrogens with zero attached hydrogens (tertiary/aromatic N) is 6. The van der Waals surface area contributed by atoms with E-state index in [1.165, 1.54) is 23.9 Å². The van der Waals surface area contributed by atoms with Gasteiger partial charge in [0, 0.05) is 41.3 Å². The number of hydrogen-bond acceptors (Lipinski definition) is 7. The summed E-state index contributed by atoms with van der Waals surface area (Å²) < 4.78 is 23.6. The van der Waals surface area contributed by atoms with Crippen molar-refractivity contribution >= 4 is 44.1 Å². The molecule has 4 aromatic heterocycles. The van der Waals surface area contributed by atoms with Gasteiger partial charge >= 0.3 is 5.69 Å². The summed E-state index contributed by atoms with van der Waals surface area (Å²) in [5.41, 5.74) is 0.348. The minimum absolute atomic E-state index is 0.00426. The van der Waals surface area contributed by atoms with Crippen molar-refractivity contribution in [2.75, 3.05) is 7.11 Å². The highest BCUT2D eigenvalue weighted by Crippen LogP contribution is 2.39. The van der Waals surface area contributed by atoms with E-state index >= 15 is 0 Å². The smallest absolute Gasteiger partial charge is 0.336 e. The third-order valence-corrected chi connectivity index (χ3v) is 7.24. The number of hydrogen-bond donors (Lipinski definition) is 0. The van der Waals surface area contributed by atoms with Crippen LogP contribution in [0.4, 0.5) is 4.39 Å². The van der Waals surface area contributed by atoms with E-state index in [2.05, 4.69) is 10.1 Å². The maximum absolute atomic E-state index is 14.1. The van der Waals surface area contributed by atoms with Gasteiger partial charge in [-0.1, -0.05) is 11.6 Å². The molecule has 0 saturated heterocycles. The molecule has 9 nitrogen and oxygen atoms in total. The fourth-order valence-corrected chi connectivity index (χ4v) is 5.48. The van der Waals surface area contributed by atoms with E-state index in [0.717, 1.165) is 22.0 Å². The molecule has 182 valence electrons. The molecule has 0 spiro atoms. The number of aryl methyl sites for hydroxylation is 2. The summed E-state index contributed by atoms with van der Waals surface area (Å²) in [7, 11) is 1.34. The Kier molecular flexibility index (Phi) is 6.07. The quantitative estimate of drug-likeness (QED) is 0.326. The number of fused-ring (bicyclic) bond motifs is 2. The van der Waals surface area contributed by atoms with E-state index < -0.39 is 17.1 Å². The van der Waals surface area contributed by atoms with Gasteiger partial charge in [0.15, 0.2) is 11.6 Å². The van der Waals surface area contributed by atoms with E-state index in [4.69, 9.17) is 16.3 Å². The number of nitriles is 1. The standard InChI is InChI=1S/C24H18ClFN6O3S/c1-3-30-12-13-10-28-11-18(21(13)29-30)32-23(33)22-17(31(24(32)34)6-4-5-27)9-20(36-22)14-7-19(35-2)16(26)8-15(14)25/h7-12H,3-4,6H2,1-2H3. The number of rotatable bonds is 6. The summed E-state index contributed by atoms with van der Waals surface area (Å²) in [5.74, 6) is -0.622. The zero-order valence-electron chi connectivity index (χ0n) is 19.2. The van der Waals surface area contributed by atoms with Crippen LogP contribution in [0, 0.1) is 17.1 Å². The lowest BCUT2D eigenvalue weighted by atomic mass is 10.1. The second-order valence-electron chi connectivity index (χ2n) is 7.86. The van der Waals surface area contributed by atoms with Crippen molar-refractivity contribution in [1.82, 2.24) is 23.9 Å². The SMILES string of the molecule is CCn1cc2cncc(-n3c(=O)c4sc(-c5cc(OC)c(F)cc5Cl)cc4n(CCC#N)c3=O)c2n1. The maximum Gasteiger partial charge on any atom is 0.336 e. The Balaban J connectivity index is 1.83. The van der Waals surface area contributed by atoms with Crippen LogP contribution in [0.1, 0.15) is 13.3 Å². The van der Waals surface area contributed by atoms with Crippen molar-refractivity contribution in [3.8, 4) is 27.9 Å². The van der Waals surface area contributed by atoms with Gasteiger partial charge in [0.05, 0.1) is 36.3 Å². The zero-order valence-corrected chi connectivity index (χ0v) is 20.7. The molecule has 0 bridgehead atoms. The van der Waals surface area contributed by atoms with Gasteiger partial charge in [0.2, 0.25) is 0 Å². The molecule has 0 aliphatic carbocycles. The van der Waals surface area contributed by atoms with Crippen LogP contribution < -0.4 is 16.0 Å². The molecule has 0 N–H and O–H groups in total. The summed E-state index contributed by atoms with van der Waals surface area (Å²) in [6.07, 6.45) is 4.88. The molecule has 0 fully saturated rings. The zero-order chi connectivity index (χ0) is 25.6. The van der Waals surface area contributed by atoms with Crippen LogP contribution in [-0.4, -0.2) is 31.0 Å². The Hall–Kier alpha value is -4.01. The first kappa shape index (κ1) is 23.7. The molecule has 0 radical (unpaired) electrons. The first-order chi connectivity index (χ1) is 17.4. The Morgan fingerprint density at radius 1 is 1.25 bits per heavy atom. The third-order valence-electron chi connectivity index (χ3n) is 5.78. The van der Waals surface area contributed by atoms with Crippen LogP contribution in [-0.2, 0) is 13.1 Å². The minimum Gasteiger partial charge on any atom is -0.494 e. The number of benzene rings is 1. The van der Waals surface area contributed by atoms with E-state index in [1.54, 1.807) is 23.1 Å². The molecule has 0 atom stereocenters. The number of methoxy groups -OCH3 is 1. The summed E-state index contributed by atoms with van der Waals surface area (Å²) >= 11 is 7.43. The molecule has 12 heteroatoms. The summed E-state index contributed by atoms with van der Waals surface area (Å²) in [6.45, 7) is 2.59. The highest BCUT2D eigenvalue weighted by Gasteiger charge is 2.22. The molecule has 4 heterocycles. The number of aromatic nitrogens is 5. The Labute approximate surface area is 212 Å². The van der Waals surface area contributed by atoms with Gasteiger partial charge in [-0.3, -0.25) is 19.0 Å². The lowest BCUT2D eigenvalue weighted by Gasteiger charge is -2.11. The molecule has 0 unspecified atom stereocenters. The summed E-state index contributed by atoms with van der Waals surface area (Å²) in [4.78, 5) is 32.1. The van der Waals surface area contributed by atoms with Crippen molar-refractivity contribution < 1.29 is 9.13 Å². The molecular formula is C24H18ClFN6O3S. The highest BCUT2D eigenvalue weighted by atomic mass is 35.5. The van der Waals surface area contributed by atoms with E-state index in [-0.39, 0.29) is 34.1 Å². The topological polar surface area (TPSA) is 108 Å². The maximum atomic E-state index is 14.1. The molecule has 0 aliphatic rings. The summed E-state index contributed by atoms with van der Waals surface area (Å²) in [6, 6.07) is 6.27. The number of thiophene rings is 1.